The van der Waals surface area contributed by atoms with Gasteiger partial charge in [0.15, 0.2) is 0 Å². The first-order valence-electron chi connectivity index (χ1n) is 6.14. The Bertz CT molecular complexity index is 583. The zero-order valence-electron chi connectivity index (χ0n) is 11.1. The molecule has 0 radical (unpaired) electrons. The summed E-state index contributed by atoms with van der Waals surface area (Å²) in [5.41, 5.74) is 1.97. The molecule has 1 N–H and O–H groups in total. The minimum Gasteiger partial charge on any atom is -0.384 e. The highest BCUT2D eigenvalue weighted by Gasteiger charge is 2.30. The van der Waals surface area contributed by atoms with Crippen LogP contribution in [0.15, 0.2) is 24.3 Å². The Hall–Kier alpha value is -1.56. The summed E-state index contributed by atoms with van der Waals surface area (Å²) in [6.45, 7) is 0.803. The monoisotopic (exact) mass is 282 g/mol. The van der Waals surface area contributed by atoms with Gasteiger partial charge in [-0.2, -0.15) is 0 Å². The Morgan fingerprint density at radius 3 is 2.79 bits per heavy atom. The van der Waals surface area contributed by atoms with E-state index in [-0.39, 0.29) is 24.1 Å². The van der Waals surface area contributed by atoms with Gasteiger partial charge in [-0.25, -0.2) is 8.42 Å². The molecule has 0 saturated heterocycles. The van der Waals surface area contributed by atoms with E-state index < -0.39 is 9.84 Å². The second kappa shape index (κ2) is 5.21. The topological polar surface area (TPSA) is 66.5 Å². The van der Waals surface area contributed by atoms with Crippen molar-refractivity contribution in [1.82, 2.24) is 4.90 Å². The minimum atomic E-state index is -3.05. The van der Waals surface area contributed by atoms with E-state index in [1.54, 1.807) is 7.05 Å². The summed E-state index contributed by atoms with van der Waals surface area (Å²) in [6.07, 6.45) is 1.18. The molecule has 0 aliphatic carbocycles. The maximum absolute atomic E-state index is 12.3. The van der Waals surface area contributed by atoms with E-state index in [1.807, 2.05) is 24.3 Å². The van der Waals surface area contributed by atoms with Gasteiger partial charge in [0.1, 0.15) is 9.84 Å². The zero-order valence-corrected chi connectivity index (χ0v) is 11.9. The Balaban J connectivity index is 2.05. The number of sulfone groups is 1. The van der Waals surface area contributed by atoms with E-state index in [9.17, 15) is 13.2 Å². The van der Waals surface area contributed by atoms with Crippen molar-refractivity contribution < 1.29 is 13.2 Å². The normalized spacial score (nSPS) is 17.7. The molecule has 0 aromatic heterocycles. The van der Waals surface area contributed by atoms with Crippen LogP contribution in [0.25, 0.3) is 0 Å². The molecule has 0 bridgehead atoms. The number of carbonyl (C=O) groups is 1. The molecule has 2 rings (SSSR count). The van der Waals surface area contributed by atoms with Crippen molar-refractivity contribution in [2.24, 2.45) is 0 Å². The number of carbonyl (C=O) groups excluding carboxylic acids is 1. The predicted molar refractivity (Wildman–Crippen MR) is 75.0 cm³/mol. The number of likely N-dealkylation sites (N-methyl/N-ethyl adjacent to an activating group) is 1. The molecule has 0 fully saturated rings. The predicted octanol–water partition coefficient (Wildman–Crippen LogP) is 0.699. The van der Waals surface area contributed by atoms with Gasteiger partial charge < -0.3 is 10.2 Å². The fourth-order valence-corrected chi connectivity index (χ4v) is 2.79. The highest BCUT2D eigenvalue weighted by molar-refractivity contribution is 7.90. The lowest BCUT2D eigenvalue weighted by Gasteiger charge is -2.20. The number of rotatable bonds is 4. The van der Waals surface area contributed by atoms with Crippen molar-refractivity contribution in [1.29, 1.82) is 0 Å². The van der Waals surface area contributed by atoms with Gasteiger partial charge in [0, 0.05) is 32.1 Å². The van der Waals surface area contributed by atoms with Crippen LogP contribution in [0.2, 0.25) is 0 Å². The van der Waals surface area contributed by atoms with Crippen molar-refractivity contribution in [3.8, 4) is 0 Å². The maximum Gasteiger partial charge on any atom is 0.231 e. The Morgan fingerprint density at radius 2 is 2.11 bits per heavy atom. The lowest BCUT2D eigenvalue weighted by molar-refractivity contribution is -0.130. The molecule has 19 heavy (non-hydrogen) atoms. The van der Waals surface area contributed by atoms with E-state index in [2.05, 4.69) is 5.32 Å². The van der Waals surface area contributed by atoms with E-state index >= 15 is 0 Å². The van der Waals surface area contributed by atoms with Crippen molar-refractivity contribution in [3.63, 3.8) is 0 Å². The summed E-state index contributed by atoms with van der Waals surface area (Å²) < 4.78 is 22.3. The standard InChI is InChI=1S/C13H18N2O3S/c1-15(7-8-19(2,17)18)13(16)11-9-14-12-6-4-3-5-10(11)12/h3-6,11,14H,7-9H2,1-2H3. The lowest BCUT2D eigenvalue weighted by atomic mass is 10.00. The van der Waals surface area contributed by atoms with Crippen molar-refractivity contribution in [2.75, 3.05) is 37.5 Å². The van der Waals surface area contributed by atoms with E-state index in [0.717, 1.165) is 11.3 Å². The average Bonchev–Trinajstić information content (AvgIpc) is 2.78. The third kappa shape index (κ3) is 3.26. The van der Waals surface area contributed by atoms with Gasteiger partial charge in [-0.15, -0.1) is 0 Å². The number of benzene rings is 1. The number of anilines is 1. The summed E-state index contributed by atoms with van der Waals surface area (Å²) in [6, 6.07) is 7.70. The third-order valence-electron chi connectivity index (χ3n) is 3.30. The smallest absolute Gasteiger partial charge is 0.231 e. The fourth-order valence-electron chi connectivity index (χ4n) is 2.18. The quantitative estimate of drug-likeness (QED) is 0.883. The minimum absolute atomic E-state index is 0.00294. The van der Waals surface area contributed by atoms with Crippen LogP contribution < -0.4 is 5.32 Å². The van der Waals surface area contributed by atoms with Crippen molar-refractivity contribution >= 4 is 21.4 Å². The van der Waals surface area contributed by atoms with Gasteiger partial charge in [0.2, 0.25) is 5.91 Å². The molecule has 1 amide bonds. The van der Waals surface area contributed by atoms with Crippen LogP contribution >= 0.6 is 0 Å². The maximum atomic E-state index is 12.3. The van der Waals surface area contributed by atoms with Gasteiger partial charge in [-0.3, -0.25) is 4.79 Å². The molecule has 1 heterocycles. The number of para-hydroxylation sites is 1. The lowest BCUT2D eigenvalue weighted by Crippen LogP contribution is -2.35. The zero-order chi connectivity index (χ0) is 14.0. The summed E-state index contributed by atoms with van der Waals surface area (Å²) in [5.74, 6) is -0.265. The number of nitrogens with one attached hydrogen (secondary N) is 1. The highest BCUT2D eigenvalue weighted by atomic mass is 32.2. The van der Waals surface area contributed by atoms with E-state index in [0.29, 0.717) is 6.54 Å². The second-order valence-corrected chi connectivity index (χ2v) is 7.17. The molecule has 1 aliphatic rings. The van der Waals surface area contributed by atoms with Gasteiger partial charge in [-0.05, 0) is 11.6 Å². The van der Waals surface area contributed by atoms with Crippen molar-refractivity contribution in [2.45, 2.75) is 5.92 Å². The number of hydrogen-bond acceptors (Lipinski definition) is 4. The Kier molecular flexibility index (Phi) is 3.80. The summed E-state index contributed by atoms with van der Waals surface area (Å²) >= 11 is 0. The molecular formula is C13H18N2O3S. The molecule has 5 nitrogen and oxygen atoms in total. The number of amides is 1. The first-order chi connectivity index (χ1) is 8.88. The Morgan fingerprint density at radius 1 is 1.42 bits per heavy atom. The van der Waals surface area contributed by atoms with Crippen LogP contribution in [0.5, 0.6) is 0 Å². The summed E-state index contributed by atoms with van der Waals surface area (Å²) in [7, 11) is -1.40. The van der Waals surface area contributed by atoms with Crippen LogP contribution in [0.4, 0.5) is 5.69 Å². The van der Waals surface area contributed by atoms with Gasteiger partial charge >= 0.3 is 0 Å². The molecule has 1 unspecified atom stereocenters. The van der Waals surface area contributed by atoms with E-state index in [4.69, 9.17) is 0 Å². The molecule has 1 aromatic rings. The molecule has 104 valence electrons. The van der Waals surface area contributed by atoms with Crippen LogP contribution in [-0.2, 0) is 14.6 Å². The van der Waals surface area contributed by atoms with Gasteiger partial charge in [0.25, 0.3) is 0 Å². The number of nitrogens with zero attached hydrogens (tertiary/aromatic N) is 1. The molecular weight excluding hydrogens is 264 g/mol. The third-order valence-corrected chi connectivity index (χ3v) is 4.23. The molecule has 0 saturated carbocycles. The molecule has 1 aliphatic heterocycles. The van der Waals surface area contributed by atoms with Gasteiger partial charge in [0.05, 0.1) is 11.7 Å². The second-order valence-electron chi connectivity index (χ2n) is 4.91. The molecule has 1 atom stereocenters. The molecule has 6 heteroatoms. The van der Waals surface area contributed by atoms with Crippen LogP contribution in [0.3, 0.4) is 0 Å². The number of fused-ring (bicyclic) bond motifs is 1. The molecule has 1 aromatic carbocycles. The molecule has 0 spiro atoms. The Labute approximate surface area is 113 Å². The van der Waals surface area contributed by atoms with Crippen LogP contribution in [0, 0.1) is 0 Å². The van der Waals surface area contributed by atoms with Crippen LogP contribution in [0.1, 0.15) is 11.5 Å². The first-order valence-corrected chi connectivity index (χ1v) is 8.20. The summed E-state index contributed by atoms with van der Waals surface area (Å²) in [4.78, 5) is 13.8. The SMILES string of the molecule is CN(CCS(C)(=O)=O)C(=O)C1CNc2ccccc21. The van der Waals surface area contributed by atoms with Crippen LogP contribution in [-0.4, -0.2) is 51.4 Å². The highest BCUT2D eigenvalue weighted by Crippen LogP contribution is 2.31. The number of hydrogen-bond donors (Lipinski definition) is 1. The van der Waals surface area contributed by atoms with Crippen molar-refractivity contribution in [3.05, 3.63) is 29.8 Å². The average molecular weight is 282 g/mol. The van der Waals surface area contributed by atoms with E-state index in [1.165, 1.54) is 11.2 Å². The largest absolute Gasteiger partial charge is 0.384 e. The first kappa shape index (κ1) is 13.9. The van der Waals surface area contributed by atoms with Gasteiger partial charge in [-0.1, -0.05) is 18.2 Å². The fraction of sp³-hybridized carbons (Fsp3) is 0.462. The summed E-state index contributed by atoms with van der Waals surface area (Å²) in [5, 5.41) is 3.19.